The number of imide groups is 1. The van der Waals surface area contributed by atoms with E-state index in [1.807, 2.05) is 0 Å². The van der Waals surface area contributed by atoms with Gasteiger partial charge in [0.2, 0.25) is 6.29 Å². The molecule has 0 aromatic heterocycles. The van der Waals surface area contributed by atoms with Gasteiger partial charge in [-0.2, -0.15) is 5.06 Å². The number of hydrogen-bond acceptors (Lipinski definition) is 9. The van der Waals surface area contributed by atoms with Crippen LogP contribution in [0.5, 0.6) is 0 Å². The molecule has 150 valence electrons. The van der Waals surface area contributed by atoms with Crippen molar-refractivity contribution in [3.63, 3.8) is 0 Å². The molecular weight excluding hydrogens is 416 g/mol. The van der Waals surface area contributed by atoms with Crippen LogP contribution in [0.25, 0.3) is 0 Å². The first kappa shape index (κ1) is 19.6. The van der Waals surface area contributed by atoms with Gasteiger partial charge in [0.05, 0.1) is 10.9 Å². The number of allylic oxidation sites excluding steroid dienone is 3. The molecule has 28 heavy (non-hydrogen) atoms. The minimum absolute atomic E-state index is 0.0251. The Hall–Kier alpha value is -1.76. The third kappa shape index (κ3) is 3.17. The van der Waals surface area contributed by atoms with Gasteiger partial charge in [0.15, 0.2) is 17.8 Å². The maximum atomic E-state index is 14.2. The number of aliphatic imine (C=N–C) groups is 2. The molecule has 4 rings (SSSR count). The second-order valence-corrected chi connectivity index (χ2v) is 8.86. The summed E-state index contributed by atoms with van der Waals surface area (Å²) in [6, 6.07) is 0. The molecule has 12 heteroatoms. The van der Waals surface area contributed by atoms with Crippen molar-refractivity contribution in [3.05, 3.63) is 23.4 Å². The van der Waals surface area contributed by atoms with Crippen molar-refractivity contribution in [1.29, 1.82) is 0 Å². The van der Waals surface area contributed by atoms with Crippen LogP contribution in [0.2, 0.25) is 0 Å². The van der Waals surface area contributed by atoms with Gasteiger partial charge in [0, 0.05) is 24.7 Å². The summed E-state index contributed by atoms with van der Waals surface area (Å²) in [5.41, 5.74) is -1.01. The van der Waals surface area contributed by atoms with E-state index in [0.717, 1.165) is 17.8 Å². The lowest BCUT2D eigenvalue weighted by Gasteiger charge is -2.28. The van der Waals surface area contributed by atoms with E-state index < -0.39 is 46.7 Å². The summed E-state index contributed by atoms with van der Waals surface area (Å²) in [5, 5.41) is 20.3. The summed E-state index contributed by atoms with van der Waals surface area (Å²) in [6.45, 7) is 1.58. The number of thioether (sulfide) groups is 2. The van der Waals surface area contributed by atoms with E-state index in [1.54, 1.807) is 6.92 Å². The highest BCUT2D eigenvalue weighted by Crippen LogP contribution is 2.44. The van der Waals surface area contributed by atoms with Gasteiger partial charge in [-0.1, -0.05) is 11.8 Å². The summed E-state index contributed by atoms with van der Waals surface area (Å²) in [5.74, 6) is -2.80. The first-order valence-corrected chi connectivity index (χ1v) is 10.2. The third-order valence-corrected chi connectivity index (χ3v) is 7.25. The Balaban J connectivity index is 1.51. The summed E-state index contributed by atoms with van der Waals surface area (Å²) in [7, 11) is 0. The fraction of sp³-hybridized carbons (Fsp3) is 0.500. The van der Waals surface area contributed by atoms with E-state index >= 15 is 0 Å². The zero-order valence-electron chi connectivity index (χ0n) is 14.5. The van der Waals surface area contributed by atoms with Crippen molar-refractivity contribution in [2.45, 2.75) is 43.0 Å². The lowest BCUT2D eigenvalue weighted by atomic mass is 10.1. The Morgan fingerprint density at radius 1 is 1.36 bits per heavy atom. The van der Waals surface area contributed by atoms with Crippen molar-refractivity contribution in [3.8, 4) is 0 Å². The molecule has 3 heterocycles. The minimum atomic E-state index is -1.91. The molecule has 3 aliphatic heterocycles. The van der Waals surface area contributed by atoms with Crippen LogP contribution in [-0.4, -0.2) is 66.2 Å². The van der Waals surface area contributed by atoms with E-state index in [9.17, 15) is 28.6 Å². The van der Waals surface area contributed by atoms with E-state index in [1.165, 1.54) is 11.8 Å². The van der Waals surface area contributed by atoms with Crippen LogP contribution in [0.3, 0.4) is 0 Å². The Bertz CT molecular complexity index is 874. The van der Waals surface area contributed by atoms with Crippen LogP contribution in [0, 0.1) is 0 Å². The van der Waals surface area contributed by atoms with Gasteiger partial charge in [-0.3, -0.25) is 14.6 Å². The molecule has 0 bridgehead atoms. The van der Waals surface area contributed by atoms with Gasteiger partial charge >= 0.3 is 0 Å². The maximum absolute atomic E-state index is 14.2. The lowest BCUT2D eigenvalue weighted by Crippen LogP contribution is -2.46. The smallest absolute Gasteiger partial charge is 0.254 e. The highest BCUT2D eigenvalue weighted by atomic mass is 32.2. The Morgan fingerprint density at radius 2 is 2.04 bits per heavy atom. The molecule has 4 aliphatic rings. The predicted octanol–water partition coefficient (Wildman–Crippen LogP) is 1.78. The molecule has 1 fully saturated rings. The molecule has 4 unspecified atom stereocenters. The number of hydrogen-bond donors (Lipinski definition) is 2. The van der Waals surface area contributed by atoms with E-state index in [0.29, 0.717) is 15.2 Å². The number of halogens is 2. The van der Waals surface area contributed by atoms with Crippen molar-refractivity contribution in [2.75, 3.05) is 5.75 Å². The van der Waals surface area contributed by atoms with Crippen LogP contribution in [0.15, 0.2) is 33.3 Å². The fourth-order valence-corrected chi connectivity index (χ4v) is 5.36. The van der Waals surface area contributed by atoms with E-state index in [2.05, 4.69) is 9.98 Å². The molecule has 0 aromatic carbocycles. The Morgan fingerprint density at radius 3 is 2.71 bits per heavy atom. The zero-order chi connectivity index (χ0) is 20.2. The van der Waals surface area contributed by atoms with Crippen LogP contribution in [0.4, 0.5) is 8.78 Å². The van der Waals surface area contributed by atoms with Crippen LogP contribution in [-0.2, 0) is 14.4 Å². The molecule has 1 saturated heterocycles. The SMILES string of the molecule is CC1(C(O)ON2C(=O)CCC2=O)CSC(C2=NC3=CC(F)=C(O)C(F)C3S2)=N1. The summed E-state index contributed by atoms with van der Waals surface area (Å²) >= 11 is 2.24. The highest BCUT2D eigenvalue weighted by molar-refractivity contribution is 8.25. The number of rotatable bonds is 4. The first-order valence-electron chi connectivity index (χ1n) is 8.33. The number of carbonyl (C=O) groups excluding carboxylic acids is 2. The number of carbonyl (C=O) groups is 2. The van der Waals surface area contributed by atoms with Gasteiger partial charge in [0.25, 0.3) is 11.8 Å². The molecule has 8 nitrogen and oxygen atoms in total. The van der Waals surface area contributed by atoms with E-state index in [4.69, 9.17) is 4.84 Å². The molecule has 2 amide bonds. The van der Waals surface area contributed by atoms with Gasteiger partial charge in [-0.15, -0.1) is 11.8 Å². The number of alkyl halides is 1. The maximum Gasteiger partial charge on any atom is 0.254 e. The largest absolute Gasteiger partial charge is 0.506 e. The number of nitrogens with zero attached hydrogens (tertiary/aromatic N) is 3. The summed E-state index contributed by atoms with van der Waals surface area (Å²) in [6.07, 6.45) is -2.44. The second-order valence-electron chi connectivity index (χ2n) is 6.76. The number of aliphatic hydroxyl groups is 2. The van der Waals surface area contributed by atoms with Crippen LogP contribution < -0.4 is 0 Å². The predicted molar refractivity (Wildman–Crippen MR) is 99.0 cm³/mol. The standard InChI is InChI=1S/C16H15F2N3O5S2/c1-16(15(25)26-21-8(22)2-3-9(21)23)5-27-14(20-16)13-19-7-4-6(17)11(24)10(18)12(7)28-13/h4,10,12,15,24-25H,2-3,5H2,1H3. The highest BCUT2D eigenvalue weighted by Gasteiger charge is 2.46. The molecule has 4 atom stereocenters. The van der Waals surface area contributed by atoms with Crippen molar-refractivity contribution < 1.29 is 33.4 Å². The molecule has 0 spiro atoms. The van der Waals surface area contributed by atoms with Gasteiger partial charge in [0.1, 0.15) is 15.6 Å². The Labute approximate surface area is 166 Å². The molecule has 0 saturated carbocycles. The van der Waals surface area contributed by atoms with Gasteiger partial charge in [-0.05, 0) is 6.92 Å². The molecule has 1 aliphatic carbocycles. The topological polar surface area (TPSA) is 112 Å². The lowest BCUT2D eigenvalue weighted by molar-refractivity contribution is -0.257. The van der Waals surface area contributed by atoms with E-state index in [-0.39, 0.29) is 24.3 Å². The second kappa shape index (κ2) is 6.94. The number of amides is 2. The number of fused-ring (bicyclic) bond motifs is 1. The van der Waals surface area contributed by atoms with Crippen LogP contribution >= 0.6 is 23.5 Å². The number of hydroxylamine groups is 2. The number of aliphatic hydroxyl groups excluding tert-OH is 2. The summed E-state index contributed by atoms with van der Waals surface area (Å²) < 4.78 is 27.7. The monoisotopic (exact) mass is 431 g/mol. The molecule has 0 aromatic rings. The fourth-order valence-electron chi connectivity index (χ4n) is 2.92. The summed E-state index contributed by atoms with van der Waals surface area (Å²) in [4.78, 5) is 37.0. The van der Waals surface area contributed by atoms with Crippen molar-refractivity contribution in [1.82, 2.24) is 5.06 Å². The van der Waals surface area contributed by atoms with Crippen LogP contribution in [0.1, 0.15) is 19.8 Å². The first-order chi connectivity index (χ1) is 13.2. The van der Waals surface area contributed by atoms with Gasteiger partial charge < -0.3 is 10.2 Å². The molecular formula is C16H15F2N3O5S2. The third-order valence-electron chi connectivity index (χ3n) is 4.59. The van der Waals surface area contributed by atoms with Crippen molar-refractivity contribution >= 4 is 45.4 Å². The molecule has 0 radical (unpaired) electrons. The quantitative estimate of drug-likeness (QED) is 0.515. The average Bonchev–Trinajstić information content (AvgIpc) is 3.34. The Kier molecular flexibility index (Phi) is 4.84. The normalized spacial score (nSPS) is 33.9. The van der Waals surface area contributed by atoms with Gasteiger partial charge in [-0.25, -0.2) is 18.6 Å². The molecule has 2 N–H and O–H groups in total. The average molecular weight is 431 g/mol. The zero-order valence-corrected chi connectivity index (χ0v) is 16.1. The van der Waals surface area contributed by atoms with Crippen molar-refractivity contribution in [2.24, 2.45) is 9.98 Å². The minimum Gasteiger partial charge on any atom is -0.506 e.